The van der Waals surface area contributed by atoms with Gasteiger partial charge in [-0.3, -0.25) is 4.31 Å². The van der Waals surface area contributed by atoms with Gasteiger partial charge >= 0.3 is 5.97 Å². The van der Waals surface area contributed by atoms with Crippen molar-refractivity contribution in [2.75, 3.05) is 31.2 Å². The molecule has 30 heavy (non-hydrogen) atoms. The third kappa shape index (κ3) is 5.74. The molecule has 2 aromatic carbocycles. The molecule has 0 aliphatic carbocycles. The number of anilines is 1. The van der Waals surface area contributed by atoms with Crippen LogP contribution in [0.3, 0.4) is 0 Å². The lowest BCUT2D eigenvalue weighted by Gasteiger charge is -2.18. The fraction of sp³-hybridized carbons (Fsp3) is 0.190. The van der Waals surface area contributed by atoms with Crippen molar-refractivity contribution in [3.63, 3.8) is 0 Å². The molecule has 1 heterocycles. The Morgan fingerprint density at radius 1 is 0.900 bits per heavy atom. The average Bonchev–Trinajstić information content (AvgIpc) is 3.32. The van der Waals surface area contributed by atoms with Crippen LogP contribution in [0.2, 0.25) is 0 Å². The number of nitrogens with zero attached hydrogens (tertiary/aromatic N) is 1. The average molecular weight is 448 g/mol. The number of benzene rings is 2. The van der Waals surface area contributed by atoms with Crippen LogP contribution in [0.15, 0.2) is 76.3 Å². The normalized spacial score (nSPS) is 11.0. The van der Waals surface area contributed by atoms with Crippen LogP contribution < -0.4 is 13.8 Å². The summed E-state index contributed by atoms with van der Waals surface area (Å²) in [5, 5.41) is 1.71. The number of rotatable bonds is 10. The summed E-state index contributed by atoms with van der Waals surface area (Å²) in [7, 11) is -2.11. The number of para-hydroxylation sites is 1. The van der Waals surface area contributed by atoms with E-state index in [9.17, 15) is 13.2 Å². The van der Waals surface area contributed by atoms with Crippen LogP contribution in [0, 0.1) is 0 Å². The summed E-state index contributed by atoms with van der Waals surface area (Å²) in [5.41, 5.74) is 0.483. The van der Waals surface area contributed by atoms with Gasteiger partial charge in [0.2, 0.25) is 0 Å². The summed E-state index contributed by atoms with van der Waals surface area (Å²) < 4.78 is 42.4. The van der Waals surface area contributed by atoms with E-state index in [0.717, 1.165) is 11.3 Å². The zero-order valence-electron chi connectivity index (χ0n) is 16.3. The molecule has 0 amide bonds. The predicted octanol–water partition coefficient (Wildman–Crippen LogP) is 3.57. The summed E-state index contributed by atoms with van der Waals surface area (Å²) in [5.74, 6) is 0.613. The third-order valence-electron chi connectivity index (χ3n) is 4.03. The number of esters is 1. The van der Waals surface area contributed by atoms with Crippen molar-refractivity contribution in [1.29, 1.82) is 0 Å². The molecule has 158 valence electrons. The number of hydrogen-bond donors (Lipinski definition) is 0. The minimum absolute atomic E-state index is 0.112. The number of carbonyl (C=O) groups is 1. The molecule has 7 nitrogen and oxygen atoms in total. The van der Waals surface area contributed by atoms with Gasteiger partial charge < -0.3 is 14.2 Å². The third-order valence-corrected chi connectivity index (χ3v) is 7.18. The van der Waals surface area contributed by atoms with E-state index in [1.807, 2.05) is 30.3 Å². The fourth-order valence-corrected chi connectivity index (χ4v) is 4.81. The lowest BCUT2D eigenvalue weighted by Crippen LogP contribution is -2.25. The molecule has 0 bridgehead atoms. The quantitative estimate of drug-likeness (QED) is 0.349. The van der Waals surface area contributed by atoms with Crippen molar-refractivity contribution in [3.05, 3.63) is 72.1 Å². The van der Waals surface area contributed by atoms with Crippen molar-refractivity contribution in [1.82, 2.24) is 0 Å². The number of hydrogen-bond acceptors (Lipinski definition) is 7. The highest BCUT2D eigenvalue weighted by atomic mass is 32.2. The molecule has 0 unspecified atom stereocenters. The molecule has 3 aromatic rings. The Morgan fingerprint density at radius 2 is 1.60 bits per heavy atom. The van der Waals surface area contributed by atoms with Crippen molar-refractivity contribution >= 4 is 33.0 Å². The van der Waals surface area contributed by atoms with Gasteiger partial charge in [-0.2, -0.15) is 0 Å². The second-order valence-corrected chi connectivity index (χ2v) is 9.21. The molecule has 0 saturated carbocycles. The number of ether oxygens (including phenoxy) is 3. The van der Waals surface area contributed by atoms with Crippen molar-refractivity contribution in [2.45, 2.75) is 4.21 Å². The van der Waals surface area contributed by atoms with Gasteiger partial charge in [0.05, 0.1) is 5.69 Å². The van der Waals surface area contributed by atoms with Crippen molar-refractivity contribution in [2.24, 2.45) is 0 Å². The summed E-state index contributed by atoms with van der Waals surface area (Å²) in [4.78, 5) is 11.8. The maximum absolute atomic E-state index is 12.5. The Kier molecular flexibility index (Phi) is 7.31. The van der Waals surface area contributed by atoms with E-state index in [-0.39, 0.29) is 24.0 Å². The van der Waals surface area contributed by atoms with Gasteiger partial charge in [-0.25, -0.2) is 13.2 Å². The number of thiophene rings is 1. The van der Waals surface area contributed by atoms with Gasteiger partial charge in [-0.05, 0) is 47.8 Å². The van der Waals surface area contributed by atoms with E-state index >= 15 is 0 Å². The standard InChI is InChI=1S/C21H21NO6S2/c1-22(30(24,25)21-8-5-15-29-21)17-9-11-19(12-10-17)28-16-20(23)27-14-13-26-18-6-3-2-4-7-18/h2-12,15H,13-14,16H2,1H3. The number of sulfonamides is 1. The first-order valence-electron chi connectivity index (χ1n) is 9.05. The zero-order valence-corrected chi connectivity index (χ0v) is 17.9. The molecule has 1 aromatic heterocycles. The molecule has 0 radical (unpaired) electrons. The molecule has 0 saturated heterocycles. The van der Waals surface area contributed by atoms with Gasteiger partial charge in [0, 0.05) is 7.05 Å². The van der Waals surface area contributed by atoms with Crippen LogP contribution in [0.25, 0.3) is 0 Å². The first kappa shape index (κ1) is 21.7. The van der Waals surface area contributed by atoms with Gasteiger partial charge in [0.1, 0.15) is 28.9 Å². The Hall–Kier alpha value is -3.04. The summed E-state index contributed by atoms with van der Waals surface area (Å²) in [6.07, 6.45) is 0. The SMILES string of the molecule is CN(c1ccc(OCC(=O)OCCOc2ccccc2)cc1)S(=O)(=O)c1cccs1. The molecule has 0 fully saturated rings. The highest BCUT2D eigenvalue weighted by molar-refractivity contribution is 7.94. The Balaban J connectivity index is 1.43. The van der Waals surface area contributed by atoms with Crippen LogP contribution in [-0.4, -0.2) is 41.3 Å². The Bertz CT molecular complexity index is 1030. The molecule has 0 N–H and O–H groups in total. The lowest BCUT2D eigenvalue weighted by atomic mass is 10.3. The van der Waals surface area contributed by atoms with E-state index < -0.39 is 16.0 Å². The minimum Gasteiger partial charge on any atom is -0.490 e. The van der Waals surface area contributed by atoms with E-state index in [0.29, 0.717) is 17.2 Å². The number of carbonyl (C=O) groups excluding carboxylic acids is 1. The van der Waals surface area contributed by atoms with Crippen LogP contribution in [-0.2, 0) is 19.6 Å². The van der Waals surface area contributed by atoms with Crippen LogP contribution in [0.5, 0.6) is 11.5 Å². The summed E-state index contributed by atoms with van der Waals surface area (Å²) in [6.45, 7) is 0.102. The highest BCUT2D eigenvalue weighted by Crippen LogP contribution is 2.26. The van der Waals surface area contributed by atoms with Gasteiger partial charge in [0.25, 0.3) is 10.0 Å². The summed E-state index contributed by atoms with van der Waals surface area (Å²) >= 11 is 1.16. The summed E-state index contributed by atoms with van der Waals surface area (Å²) in [6, 6.07) is 18.9. The molecule has 0 spiro atoms. The molecule has 0 aliphatic heterocycles. The van der Waals surface area contributed by atoms with Gasteiger partial charge in [0.15, 0.2) is 6.61 Å². The van der Waals surface area contributed by atoms with E-state index in [4.69, 9.17) is 14.2 Å². The molecule has 3 rings (SSSR count). The second-order valence-electron chi connectivity index (χ2n) is 6.07. The van der Waals surface area contributed by atoms with Gasteiger partial charge in [-0.1, -0.05) is 24.3 Å². The maximum Gasteiger partial charge on any atom is 0.344 e. The smallest absolute Gasteiger partial charge is 0.344 e. The van der Waals surface area contributed by atoms with Crippen LogP contribution >= 0.6 is 11.3 Å². The second kappa shape index (κ2) is 10.1. The first-order chi connectivity index (χ1) is 14.5. The lowest BCUT2D eigenvalue weighted by molar-refractivity contribution is -0.146. The zero-order chi connectivity index (χ0) is 21.4. The van der Waals surface area contributed by atoms with Crippen molar-refractivity contribution in [3.8, 4) is 11.5 Å². The maximum atomic E-state index is 12.5. The fourth-order valence-electron chi connectivity index (χ4n) is 2.45. The van der Waals surface area contributed by atoms with Gasteiger partial charge in [-0.15, -0.1) is 11.3 Å². The Labute approximate surface area is 179 Å². The van der Waals surface area contributed by atoms with Crippen molar-refractivity contribution < 1.29 is 27.4 Å². The largest absolute Gasteiger partial charge is 0.490 e. The molecular weight excluding hydrogens is 426 g/mol. The minimum atomic E-state index is -3.60. The molecular formula is C21H21NO6S2. The monoisotopic (exact) mass is 447 g/mol. The topological polar surface area (TPSA) is 82.1 Å². The van der Waals surface area contributed by atoms with E-state index in [1.165, 1.54) is 11.4 Å². The highest BCUT2D eigenvalue weighted by Gasteiger charge is 2.22. The van der Waals surface area contributed by atoms with E-state index in [2.05, 4.69) is 0 Å². The first-order valence-corrected chi connectivity index (χ1v) is 11.4. The van der Waals surface area contributed by atoms with Crippen LogP contribution in [0.4, 0.5) is 5.69 Å². The molecule has 0 atom stereocenters. The van der Waals surface area contributed by atoms with Crippen LogP contribution in [0.1, 0.15) is 0 Å². The Morgan fingerprint density at radius 3 is 2.27 bits per heavy atom. The predicted molar refractivity (Wildman–Crippen MR) is 115 cm³/mol. The molecule has 0 aliphatic rings. The molecule has 9 heteroatoms. The van der Waals surface area contributed by atoms with E-state index in [1.54, 1.807) is 41.8 Å².